The molecule has 4 rings (SSSR count). The normalized spacial score (nSPS) is 11.4. The number of benzene rings is 2. The summed E-state index contributed by atoms with van der Waals surface area (Å²) in [6.45, 7) is 2.00. The van der Waals surface area contributed by atoms with E-state index < -0.39 is 0 Å². The molecule has 1 N–H and O–H groups in total. The molecule has 0 fully saturated rings. The summed E-state index contributed by atoms with van der Waals surface area (Å²) < 4.78 is 1.62. The Morgan fingerprint density at radius 3 is 2.72 bits per heavy atom. The second-order valence-electron chi connectivity index (χ2n) is 5.71. The third kappa shape index (κ3) is 2.97. The molecule has 0 saturated carbocycles. The first kappa shape index (κ1) is 15.0. The molecule has 0 spiro atoms. The largest absolute Gasteiger partial charge is 0.323 e. The van der Waals surface area contributed by atoms with Gasteiger partial charge in [0.05, 0.1) is 6.20 Å². The number of nitrogens with one attached hydrogen (secondary N) is 1. The number of aryl methyl sites for hydroxylation is 1. The van der Waals surface area contributed by atoms with E-state index >= 15 is 0 Å². The van der Waals surface area contributed by atoms with Crippen molar-refractivity contribution in [3.8, 4) is 0 Å². The fourth-order valence-electron chi connectivity index (χ4n) is 2.58. The van der Waals surface area contributed by atoms with Crippen LogP contribution in [0.3, 0.4) is 0 Å². The molecular weight excluding hydrogens is 314 g/mol. The van der Waals surface area contributed by atoms with Crippen LogP contribution in [0.2, 0.25) is 0 Å². The Hall–Kier alpha value is -3.54. The molecule has 0 radical (unpaired) electrons. The van der Waals surface area contributed by atoms with Crippen LogP contribution in [0.1, 0.15) is 11.4 Å². The lowest BCUT2D eigenvalue weighted by molar-refractivity contribution is -0.111. The quantitative estimate of drug-likeness (QED) is 0.586. The smallest absolute Gasteiger partial charge is 0.248 e. The molecule has 6 nitrogen and oxygen atoms in total. The Morgan fingerprint density at radius 2 is 1.88 bits per heavy atom. The van der Waals surface area contributed by atoms with Gasteiger partial charge in [0.1, 0.15) is 0 Å². The van der Waals surface area contributed by atoms with Crippen LogP contribution in [0.5, 0.6) is 0 Å². The lowest BCUT2D eigenvalue weighted by Gasteiger charge is -2.02. The van der Waals surface area contributed by atoms with Crippen molar-refractivity contribution >= 4 is 34.1 Å². The Morgan fingerprint density at radius 1 is 1.08 bits per heavy atom. The molecule has 0 bridgehead atoms. The average Bonchev–Trinajstić information content (AvgIpc) is 3.05. The minimum absolute atomic E-state index is 0.235. The van der Waals surface area contributed by atoms with Gasteiger partial charge in [-0.3, -0.25) is 4.79 Å². The molecule has 6 heteroatoms. The van der Waals surface area contributed by atoms with Gasteiger partial charge in [-0.2, -0.15) is 9.61 Å². The van der Waals surface area contributed by atoms with Crippen LogP contribution in [0.25, 0.3) is 22.5 Å². The molecule has 2 aromatic carbocycles. The molecule has 2 heterocycles. The molecule has 0 aliphatic heterocycles. The number of fused-ring (bicyclic) bond motifs is 3. The first-order valence-electron chi connectivity index (χ1n) is 7.85. The molecule has 25 heavy (non-hydrogen) atoms. The zero-order valence-electron chi connectivity index (χ0n) is 13.5. The van der Waals surface area contributed by atoms with E-state index in [0.717, 1.165) is 22.0 Å². The maximum absolute atomic E-state index is 12.1. The van der Waals surface area contributed by atoms with Crippen molar-refractivity contribution in [2.75, 3.05) is 5.32 Å². The third-order valence-electron chi connectivity index (χ3n) is 3.88. The number of carbonyl (C=O) groups is 1. The Bertz CT molecular complexity index is 1100. The Labute approximate surface area is 143 Å². The summed E-state index contributed by atoms with van der Waals surface area (Å²) in [5, 5.41) is 17.4. The molecule has 0 aliphatic carbocycles. The van der Waals surface area contributed by atoms with E-state index in [1.165, 1.54) is 6.08 Å². The van der Waals surface area contributed by atoms with Crippen molar-refractivity contribution in [2.45, 2.75) is 6.92 Å². The van der Waals surface area contributed by atoms with E-state index in [0.29, 0.717) is 11.5 Å². The number of rotatable bonds is 3. The van der Waals surface area contributed by atoms with Gasteiger partial charge in [0.25, 0.3) is 0 Å². The molecule has 0 aliphatic rings. The molecule has 0 unspecified atom stereocenters. The number of carbonyl (C=O) groups excluding carboxylic acids is 1. The predicted octanol–water partition coefficient (Wildman–Crippen LogP) is 3.24. The van der Waals surface area contributed by atoms with E-state index in [-0.39, 0.29) is 5.91 Å². The summed E-state index contributed by atoms with van der Waals surface area (Å²) >= 11 is 0. The first-order chi connectivity index (χ1) is 12.2. The van der Waals surface area contributed by atoms with E-state index in [4.69, 9.17) is 0 Å². The number of anilines is 1. The van der Waals surface area contributed by atoms with Gasteiger partial charge in [0.2, 0.25) is 5.91 Å². The van der Waals surface area contributed by atoms with Gasteiger partial charge >= 0.3 is 0 Å². The van der Waals surface area contributed by atoms with Crippen molar-refractivity contribution in [1.82, 2.24) is 19.8 Å². The standard InChI is InChI=1S/C19H15N5O/c1-13-6-8-15(9-7-13)21-18(25)11-10-17-22-23-19-16-5-3-2-4-14(16)12-20-24(17)19/h2-12H,1H3,(H,21,25). The van der Waals surface area contributed by atoms with Gasteiger partial charge in [-0.25, -0.2) is 0 Å². The zero-order valence-corrected chi connectivity index (χ0v) is 13.5. The molecule has 4 aromatic rings. The Kier molecular flexibility index (Phi) is 3.70. The van der Waals surface area contributed by atoms with Gasteiger partial charge in [-0.05, 0) is 25.1 Å². The lowest BCUT2D eigenvalue weighted by Crippen LogP contribution is -2.07. The van der Waals surface area contributed by atoms with Gasteiger partial charge in [-0.15, -0.1) is 10.2 Å². The maximum Gasteiger partial charge on any atom is 0.248 e. The zero-order chi connectivity index (χ0) is 17.2. The molecule has 122 valence electrons. The summed E-state index contributed by atoms with van der Waals surface area (Å²) in [4.78, 5) is 12.1. The van der Waals surface area contributed by atoms with Crippen LogP contribution >= 0.6 is 0 Å². The van der Waals surface area contributed by atoms with Crippen molar-refractivity contribution in [2.24, 2.45) is 0 Å². The van der Waals surface area contributed by atoms with Crippen LogP contribution < -0.4 is 5.32 Å². The van der Waals surface area contributed by atoms with Crippen molar-refractivity contribution in [1.29, 1.82) is 0 Å². The van der Waals surface area contributed by atoms with Gasteiger partial charge < -0.3 is 5.32 Å². The highest BCUT2D eigenvalue weighted by molar-refractivity contribution is 6.01. The molecular formula is C19H15N5O. The fourth-order valence-corrected chi connectivity index (χ4v) is 2.58. The molecule has 1 amide bonds. The molecule has 0 saturated heterocycles. The number of hydrogen-bond donors (Lipinski definition) is 1. The Balaban J connectivity index is 1.59. The van der Waals surface area contributed by atoms with E-state index in [1.54, 1.807) is 16.8 Å². The highest BCUT2D eigenvalue weighted by Gasteiger charge is 2.08. The fraction of sp³-hybridized carbons (Fsp3) is 0.0526. The summed E-state index contributed by atoms with van der Waals surface area (Å²) in [5.41, 5.74) is 2.55. The van der Waals surface area contributed by atoms with E-state index in [2.05, 4.69) is 20.6 Å². The van der Waals surface area contributed by atoms with Gasteiger partial charge in [-0.1, -0.05) is 42.0 Å². The van der Waals surface area contributed by atoms with E-state index in [1.807, 2.05) is 55.5 Å². The molecule has 0 atom stereocenters. The number of nitrogens with zero attached hydrogens (tertiary/aromatic N) is 4. The SMILES string of the molecule is Cc1ccc(NC(=O)C=Cc2nnc3c4ccccc4cnn23)cc1. The predicted molar refractivity (Wildman–Crippen MR) is 97.1 cm³/mol. The van der Waals surface area contributed by atoms with Crippen LogP contribution in [-0.4, -0.2) is 25.7 Å². The van der Waals surface area contributed by atoms with Gasteiger partial charge in [0, 0.05) is 22.5 Å². The summed E-state index contributed by atoms with van der Waals surface area (Å²) in [6, 6.07) is 15.5. The van der Waals surface area contributed by atoms with E-state index in [9.17, 15) is 4.79 Å². The highest BCUT2D eigenvalue weighted by atomic mass is 16.1. The second kappa shape index (κ2) is 6.16. The number of hydrogen-bond acceptors (Lipinski definition) is 4. The third-order valence-corrected chi connectivity index (χ3v) is 3.88. The minimum atomic E-state index is -0.235. The van der Waals surface area contributed by atoms with Crippen LogP contribution in [0.15, 0.2) is 60.8 Å². The average molecular weight is 329 g/mol. The molecule has 2 aromatic heterocycles. The lowest BCUT2D eigenvalue weighted by atomic mass is 10.2. The van der Waals surface area contributed by atoms with Crippen LogP contribution in [-0.2, 0) is 4.79 Å². The first-order valence-corrected chi connectivity index (χ1v) is 7.85. The van der Waals surface area contributed by atoms with Gasteiger partial charge in [0.15, 0.2) is 11.5 Å². The van der Waals surface area contributed by atoms with Crippen molar-refractivity contribution < 1.29 is 4.79 Å². The minimum Gasteiger partial charge on any atom is -0.323 e. The summed E-state index contributed by atoms with van der Waals surface area (Å²) in [5.74, 6) is 0.265. The number of aromatic nitrogens is 4. The van der Waals surface area contributed by atoms with Crippen LogP contribution in [0, 0.1) is 6.92 Å². The monoisotopic (exact) mass is 329 g/mol. The van der Waals surface area contributed by atoms with Crippen molar-refractivity contribution in [3.05, 3.63) is 72.2 Å². The second-order valence-corrected chi connectivity index (χ2v) is 5.71. The summed E-state index contributed by atoms with van der Waals surface area (Å²) in [7, 11) is 0. The van der Waals surface area contributed by atoms with Crippen molar-refractivity contribution in [3.63, 3.8) is 0 Å². The maximum atomic E-state index is 12.1. The summed E-state index contributed by atoms with van der Waals surface area (Å²) in [6.07, 6.45) is 4.79. The topological polar surface area (TPSA) is 72.2 Å². The highest BCUT2D eigenvalue weighted by Crippen LogP contribution is 2.17. The van der Waals surface area contributed by atoms with Crippen LogP contribution in [0.4, 0.5) is 5.69 Å². The number of amides is 1.